The van der Waals surface area contributed by atoms with Crippen molar-refractivity contribution in [3.63, 3.8) is 0 Å². The lowest BCUT2D eigenvalue weighted by Gasteiger charge is -2.23. The molecule has 0 spiro atoms. The summed E-state index contributed by atoms with van der Waals surface area (Å²) in [7, 11) is 0. The molecule has 0 fully saturated rings. The van der Waals surface area contributed by atoms with Crippen molar-refractivity contribution < 1.29 is 9.90 Å². The molecule has 1 heterocycles. The summed E-state index contributed by atoms with van der Waals surface area (Å²) < 4.78 is 0. The normalized spacial score (nSPS) is 10.8. The summed E-state index contributed by atoms with van der Waals surface area (Å²) in [5.41, 5.74) is 1.48. The van der Waals surface area contributed by atoms with E-state index < -0.39 is 5.91 Å². The fraction of sp³-hybridized carbons (Fsp3) is 0.0556. The van der Waals surface area contributed by atoms with Gasteiger partial charge in [0.1, 0.15) is 10.6 Å². The topological polar surface area (TPSA) is 40.5 Å². The zero-order valence-electron chi connectivity index (χ0n) is 13.0. The van der Waals surface area contributed by atoms with E-state index >= 15 is 0 Å². The summed E-state index contributed by atoms with van der Waals surface area (Å²) in [6.07, 6.45) is 0. The molecule has 3 nitrogen and oxygen atoms in total. The molecule has 0 unspecified atom stereocenters. The molecule has 0 aliphatic heterocycles. The first-order valence-electron chi connectivity index (χ1n) is 7.32. The number of amides is 1. The van der Waals surface area contributed by atoms with E-state index in [0.717, 1.165) is 0 Å². The van der Waals surface area contributed by atoms with Crippen LogP contribution in [0.15, 0.2) is 47.8 Å². The van der Waals surface area contributed by atoms with Crippen LogP contribution >= 0.6 is 57.7 Å². The number of halogens is 4. The second-order valence-electron chi connectivity index (χ2n) is 5.29. The van der Waals surface area contributed by atoms with Crippen molar-refractivity contribution in [3.05, 3.63) is 73.4 Å². The molecule has 1 N–H and O–H groups in total. The van der Waals surface area contributed by atoms with Crippen molar-refractivity contribution in [2.75, 3.05) is 4.90 Å². The Balaban J connectivity index is 2.15. The zero-order valence-corrected chi connectivity index (χ0v) is 16.9. The highest BCUT2D eigenvalue weighted by molar-refractivity contribution is 7.13. The largest absolute Gasteiger partial charge is 0.506 e. The lowest BCUT2D eigenvalue weighted by Crippen LogP contribution is -2.25. The quantitative estimate of drug-likeness (QED) is 0.433. The van der Waals surface area contributed by atoms with E-state index in [1.165, 1.54) is 22.3 Å². The molecular formula is C18H11Cl4NO2S. The van der Waals surface area contributed by atoms with Crippen molar-refractivity contribution >= 4 is 75.0 Å². The van der Waals surface area contributed by atoms with Crippen LogP contribution in [0, 0.1) is 0 Å². The second-order valence-corrected chi connectivity index (χ2v) is 7.69. The first-order valence-corrected chi connectivity index (χ1v) is 9.87. The molecule has 3 aromatic rings. The van der Waals surface area contributed by atoms with Gasteiger partial charge in [0, 0.05) is 27.7 Å². The van der Waals surface area contributed by atoms with Crippen LogP contribution in [-0.4, -0.2) is 11.0 Å². The van der Waals surface area contributed by atoms with Crippen molar-refractivity contribution in [1.82, 2.24) is 0 Å². The van der Waals surface area contributed by atoms with E-state index in [0.29, 0.717) is 31.2 Å². The molecule has 0 aliphatic carbocycles. The Bertz CT molecular complexity index is 956. The SMILES string of the molecule is O=C(c1scc(CCl)c1Cl)N(c1ccc(Cl)cc1)c1ccc(Cl)cc1O. The fourth-order valence-corrected chi connectivity index (χ4v) is 4.31. The Labute approximate surface area is 174 Å². The van der Waals surface area contributed by atoms with Gasteiger partial charge in [-0.15, -0.1) is 22.9 Å². The number of carbonyl (C=O) groups excluding carboxylic acids is 1. The number of carbonyl (C=O) groups is 1. The Morgan fingerprint density at radius 2 is 1.69 bits per heavy atom. The van der Waals surface area contributed by atoms with Gasteiger partial charge in [-0.3, -0.25) is 9.69 Å². The number of anilines is 2. The lowest BCUT2D eigenvalue weighted by atomic mass is 10.2. The number of phenolic OH excluding ortho intramolecular Hbond substituents is 1. The number of hydrogen-bond acceptors (Lipinski definition) is 3. The van der Waals surface area contributed by atoms with E-state index in [9.17, 15) is 9.90 Å². The molecule has 3 rings (SSSR count). The summed E-state index contributed by atoms with van der Waals surface area (Å²) >= 11 is 25.2. The molecule has 0 radical (unpaired) electrons. The summed E-state index contributed by atoms with van der Waals surface area (Å²) in [6, 6.07) is 11.2. The van der Waals surface area contributed by atoms with Gasteiger partial charge in [-0.2, -0.15) is 0 Å². The minimum atomic E-state index is -0.392. The van der Waals surface area contributed by atoms with E-state index in [1.54, 1.807) is 41.8 Å². The monoisotopic (exact) mass is 445 g/mol. The minimum absolute atomic E-state index is 0.133. The van der Waals surface area contributed by atoms with Gasteiger partial charge >= 0.3 is 0 Å². The van der Waals surface area contributed by atoms with E-state index in [2.05, 4.69) is 0 Å². The molecule has 26 heavy (non-hydrogen) atoms. The van der Waals surface area contributed by atoms with Crippen molar-refractivity contribution in [2.45, 2.75) is 5.88 Å². The fourth-order valence-electron chi connectivity index (χ4n) is 2.36. The molecule has 0 saturated heterocycles. The molecule has 0 bridgehead atoms. The number of nitrogens with zero attached hydrogens (tertiary/aromatic N) is 1. The van der Waals surface area contributed by atoms with Gasteiger partial charge in [-0.1, -0.05) is 34.8 Å². The maximum absolute atomic E-state index is 13.2. The summed E-state index contributed by atoms with van der Waals surface area (Å²) in [5, 5.41) is 13.3. The van der Waals surface area contributed by atoms with Crippen molar-refractivity contribution in [3.8, 4) is 5.75 Å². The molecule has 0 saturated carbocycles. The number of phenols is 1. The van der Waals surface area contributed by atoms with Crippen LogP contribution in [0.5, 0.6) is 5.75 Å². The van der Waals surface area contributed by atoms with Gasteiger partial charge in [0.15, 0.2) is 0 Å². The standard InChI is InChI=1S/C18H11Cl4NO2S/c19-8-10-9-26-17(16(10)22)18(25)23(13-4-1-11(20)2-5-13)14-6-3-12(21)7-15(14)24/h1-7,9,24H,8H2. The molecule has 2 aromatic carbocycles. The summed E-state index contributed by atoms with van der Waals surface area (Å²) in [5.74, 6) is -0.321. The third-order valence-corrected chi connectivity index (χ3v) is 5.94. The Morgan fingerprint density at radius 3 is 2.27 bits per heavy atom. The highest BCUT2D eigenvalue weighted by atomic mass is 35.5. The van der Waals surface area contributed by atoms with Gasteiger partial charge in [0.2, 0.25) is 0 Å². The van der Waals surface area contributed by atoms with Gasteiger partial charge in [-0.25, -0.2) is 0 Å². The second kappa shape index (κ2) is 8.07. The number of rotatable bonds is 4. The number of benzene rings is 2. The molecule has 0 atom stereocenters. The molecule has 8 heteroatoms. The minimum Gasteiger partial charge on any atom is -0.506 e. The van der Waals surface area contributed by atoms with Gasteiger partial charge in [-0.05, 0) is 47.3 Å². The Hall–Kier alpha value is -1.43. The lowest BCUT2D eigenvalue weighted by molar-refractivity contribution is 0.100. The average molecular weight is 447 g/mol. The number of thiophene rings is 1. The highest BCUT2D eigenvalue weighted by Gasteiger charge is 2.26. The van der Waals surface area contributed by atoms with Crippen LogP contribution in [0.1, 0.15) is 15.2 Å². The average Bonchev–Trinajstić information content (AvgIpc) is 2.99. The zero-order chi connectivity index (χ0) is 18.8. The third-order valence-electron chi connectivity index (χ3n) is 3.60. The van der Waals surface area contributed by atoms with Gasteiger partial charge in [0.25, 0.3) is 5.91 Å². The van der Waals surface area contributed by atoms with Crippen LogP contribution in [0.4, 0.5) is 11.4 Å². The predicted molar refractivity (Wildman–Crippen MR) is 110 cm³/mol. The van der Waals surface area contributed by atoms with Crippen LogP contribution in [0.2, 0.25) is 15.1 Å². The molecule has 0 aliphatic rings. The van der Waals surface area contributed by atoms with E-state index in [1.807, 2.05) is 0 Å². The molecular weight excluding hydrogens is 436 g/mol. The van der Waals surface area contributed by atoms with Crippen molar-refractivity contribution in [2.24, 2.45) is 0 Å². The first kappa shape index (κ1) is 19.3. The number of aromatic hydroxyl groups is 1. The number of alkyl halides is 1. The Morgan fingerprint density at radius 1 is 1.04 bits per heavy atom. The van der Waals surface area contributed by atoms with Crippen LogP contribution in [-0.2, 0) is 5.88 Å². The van der Waals surface area contributed by atoms with E-state index in [-0.39, 0.29) is 17.3 Å². The molecule has 134 valence electrons. The Kier molecular flexibility index (Phi) is 6.00. The van der Waals surface area contributed by atoms with Crippen LogP contribution in [0.3, 0.4) is 0 Å². The van der Waals surface area contributed by atoms with Crippen molar-refractivity contribution in [1.29, 1.82) is 0 Å². The maximum atomic E-state index is 13.2. The third kappa shape index (κ3) is 3.80. The summed E-state index contributed by atoms with van der Waals surface area (Å²) in [6.45, 7) is 0. The summed E-state index contributed by atoms with van der Waals surface area (Å²) in [4.78, 5) is 14.9. The van der Waals surface area contributed by atoms with Crippen LogP contribution < -0.4 is 4.90 Å². The van der Waals surface area contributed by atoms with Gasteiger partial charge in [0.05, 0.1) is 10.7 Å². The molecule has 1 amide bonds. The molecule has 1 aromatic heterocycles. The van der Waals surface area contributed by atoms with Crippen LogP contribution in [0.25, 0.3) is 0 Å². The smallest absolute Gasteiger partial charge is 0.274 e. The predicted octanol–water partition coefficient (Wildman–Crippen LogP) is 7.13. The number of hydrogen-bond donors (Lipinski definition) is 1. The van der Waals surface area contributed by atoms with Gasteiger partial charge < -0.3 is 5.11 Å². The highest BCUT2D eigenvalue weighted by Crippen LogP contribution is 2.39. The first-order chi connectivity index (χ1) is 12.4. The van der Waals surface area contributed by atoms with E-state index in [4.69, 9.17) is 46.4 Å². The maximum Gasteiger partial charge on any atom is 0.274 e.